The van der Waals surface area contributed by atoms with E-state index in [1.807, 2.05) is 12.1 Å². The molecular weight excluding hydrogens is 346 g/mol. The highest BCUT2D eigenvalue weighted by atomic mass is 79.9. The lowest BCUT2D eigenvalue weighted by atomic mass is 10.0. The minimum Gasteiger partial charge on any atom is -0.481 e. The topological polar surface area (TPSA) is 66.4 Å². The first kappa shape index (κ1) is 15.3. The third-order valence-corrected chi connectivity index (χ3v) is 4.47. The Labute approximate surface area is 130 Å². The first-order valence-electron chi connectivity index (χ1n) is 6.42. The highest BCUT2D eigenvalue weighted by Gasteiger charge is 2.33. The van der Waals surface area contributed by atoms with E-state index >= 15 is 0 Å². The third-order valence-electron chi connectivity index (χ3n) is 3.62. The summed E-state index contributed by atoms with van der Waals surface area (Å²) in [5, 5.41) is 12.4. The van der Waals surface area contributed by atoms with E-state index in [9.17, 15) is 9.59 Å². The Morgan fingerprint density at radius 3 is 2.65 bits per heavy atom. The molecule has 6 heteroatoms. The van der Waals surface area contributed by atoms with Gasteiger partial charge in [0.05, 0.1) is 5.92 Å². The number of benzene rings is 1. The summed E-state index contributed by atoms with van der Waals surface area (Å²) in [5.74, 6) is -1.49. The standard InChI is InChI=1S/C14H15BrClNO3/c15-11-4-3-10(12(16)6-11)7-17-13(18)8-1-2-9(5-8)14(19)20/h3-4,6,8-9H,1-2,5,7H2,(H,17,18)(H,19,20)/t8-,9+/m0/s1. The van der Waals surface area contributed by atoms with E-state index in [-0.39, 0.29) is 17.7 Å². The maximum absolute atomic E-state index is 12.0. The first-order valence-corrected chi connectivity index (χ1v) is 7.59. The number of carbonyl (C=O) groups is 2. The van der Waals surface area contributed by atoms with Gasteiger partial charge in [-0.05, 0) is 37.0 Å². The summed E-state index contributed by atoms with van der Waals surface area (Å²) in [4.78, 5) is 22.9. The molecule has 0 unspecified atom stereocenters. The largest absolute Gasteiger partial charge is 0.481 e. The summed E-state index contributed by atoms with van der Waals surface area (Å²) in [7, 11) is 0. The lowest BCUT2D eigenvalue weighted by Crippen LogP contribution is -2.29. The van der Waals surface area contributed by atoms with E-state index in [0.717, 1.165) is 10.0 Å². The minimum atomic E-state index is -0.809. The molecule has 1 amide bonds. The van der Waals surface area contributed by atoms with E-state index in [4.69, 9.17) is 16.7 Å². The molecule has 2 rings (SSSR count). The fourth-order valence-corrected chi connectivity index (χ4v) is 3.18. The predicted molar refractivity (Wildman–Crippen MR) is 79.5 cm³/mol. The van der Waals surface area contributed by atoms with E-state index in [1.54, 1.807) is 6.07 Å². The van der Waals surface area contributed by atoms with Crippen molar-refractivity contribution in [2.75, 3.05) is 0 Å². The number of nitrogens with one attached hydrogen (secondary N) is 1. The van der Waals surface area contributed by atoms with Crippen LogP contribution in [0.15, 0.2) is 22.7 Å². The fourth-order valence-electron chi connectivity index (χ4n) is 2.44. The highest BCUT2D eigenvalue weighted by molar-refractivity contribution is 9.10. The van der Waals surface area contributed by atoms with Gasteiger partial charge in [-0.2, -0.15) is 0 Å². The zero-order valence-electron chi connectivity index (χ0n) is 10.7. The molecule has 2 atom stereocenters. The van der Waals surface area contributed by atoms with Gasteiger partial charge in [-0.15, -0.1) is 0 Å². The summed E-state index contributed by atoms with van der Waals surface area (Å²) in [6.07, 6.45) is 1.64. The number of halogens is 2. The predicted octanol–water partition coefficient (Wildman–Crippen LogP) is 3.22. The number of carboxylic acids is 1. The summed E-state index contributed by atoms with van der Waals surface area (Å²) in [6.45, 7) is 0.360. The van der Waals surface area contributed by atoms with Gasteiger partial charge in [0.1, 0.15) is 0 Å². The van der Waals surface area contributed by atoms with Crippen molar-refractivity contribution in [3.05, 3.63) is 33.3 Å². The van der Waals surface area contributed by atoms with Gasteiger partial charge in [-0.3, -0.25) is 9.59 Å². The molecule has 1 saturated carbocycles. The van der Waals surface area contributed by atoms with Crippen LogP contribution in [0.4, 0.5) is 0 Å². The second kappa shape index (κ2) is 6.59. The van der Waals surface area contributed by atoms with E-state index in [2.05, 4.69) is 21.2 Å². The van der Waals surface area contributed by atoms with E-state index in [1.165, 1.54) is 0 Å². The van der Waals surface area contributed by atoms with Gasteiger partial charge in [0, 0.05) is 22.0 Å². The lowest BCUT2D eigenvalue weighted by molar-refractivity contribution is -0.141. The van der Waals surface area contributed by atoms with Crippen LogP contribution < -0.4 is 5.32 Å². The van der Waals surface area contributed by atoms with Crippen LogP contribution in [0, 0.1) is 11.8 Å². The van der Waals surface area contributed by atoms with Crippen molar-refractivity contribution in [3.63, 3.8) is 0 Å². The number of rotatable bonds is 4. The Morgan fingerprint density at radius 1 is 1.35 bits per heavy atom. The average Bonchev–Trinajstić information content (AvgIpc) is 2.87. The zero-order valence-corrected chi connectivity index (χ0v) is 13.1. The van der Waals surface area contributed by atoms with Crippen LogP contribution in [-0.4, -0.2) is 17.0 Å². The Kier molecular flexibility index (Phi) is 5.05. The van der Waals surface area contributed by atoms with Gasteiger partial charge in [-0.1, -0.05) is 33.6 Å². The normalized spacial score (nSPS) is 21.7. The molecule has 0 saturated heterocycles. The van der Waals surface area contributed by atoms with Gasteiger partial charge in [-0.25, -0.2) is 0 Å². The molecule has 0 aliphatic heterocycles. The molecule has 0 heterocycles. The third kappa shape index (κ3) is 3.73. The van der Waals surface area contributed by atoms with Crippen molar-refractivity contribution < 1.29 is 14.7 Å². The van der Waals surface area contributed by atoms with Crippen LogP contribution in [0.5, 0.6) is 0 Å². The zero-order chi connectivity index (χ0) is 14.7. The van der Waals surface area contributed by atoms with Crippen LogP contribution in [0.2, 0.25) is 5.02 Å². The maximum atomic E-state index is 12.0. The van der Waals surface area contributed by atoms with Crippen LogP contribution >= 0.6 is 27.5 Å². The summed E-state index contributed by atoms with van der Waals surface area (Å²) < 4.78 is 0.887. The Morgan fingerprint density at radius 2 is 2.05 bits per heavy atom. The summed E-state index contributed by atoms with van der Waals surface area (Å²) in [6, 6.07) is 5.49. The maximum Gasteiger partial charge on any atom is 0.306 e. The molecule has 1 fully saturated rings. The van der Waals surface area contributed by atoms with Crippen LogP contribution in [-0.2, 0) is 16.1 Å². The van der Waals surface area contributed by atoms with Crippen LogP contribution in [0.25, 0.3) is 0 Å². The second-order valence-electron chi connectivity index (χ2n) is 5.00. The molecule has 2 N–H and O–H groups in total. The molecule has 1 aromatic carbocycles. The van der Waals surface area contributed by atoms with Crippen molar-refractivity contribution in [3.8, 4) is 0 Å². The van der Waals surface area contributed by atoms with Crippen molar-refractivity contribution in [1.29, 1.82) is 0 Å². The van der Waals surface area contributed by atoms with Gasteiger partial charge in [0.25, 0.3) is 0 Å². The fraction of sp³-hybridized carbons (Fsp3) is 0.429. The van der Waals surface area contributed by atoms with Gasteiger partial charge < -0.3 is 10.4 Å². The molecule has 0 radical (unpaired) electrons. The monoisotopic (exact) mass is 359 g/mol. The Balaban J connectivity index is 1.88. The molecule has 4 nitrogen and oxygen atoms in total. The van der Waals surface area contributed by atoms with Gasteiger partial charge >= 0.3 is 5.97 Å². The Hall–Kier alpha value is -1.07. The summed E-state index contributed by atoms with van der Waals surface area (Å²) >= 11 is 9.40. The number of carboxylic acid groups (broad SMARTS) is 1. The van der Waals surface area contributed by atoms with Crippen molar-refractivity contribution in [2.24, 2.45) is 11.8 Å². The average molecular weight is 361 g/mol. The number of hydrogen-bond acceptors (Lipinski definition) is 2. The minimum absolute atomic E-state index is 0.0901. The van der Waals surface area contributed by atoms with E-state index in [0.29, 0.717) is 30.8 Å². The first-order chi connectivity index (χ1) is 9.47. The SMILES string of the molecule is O=C(O)[C@@H]1CC[C@H](C(=O)NCc2ccc(Br)cc2Cl)C1. The number of amides is 1. The number of aliphatic carboxylic acids is 1. The van der Waals surface area contributed by atoms with Crippen LogP contribution in [0.3, 0.4) is 0 Å². The molecule has 0 aromatic heterocycles. The van der Waals surface area contributed by atoms with Crippen LogP contribution in [0.1, 0.15) is 24.8 Å². The number of carbonyl (C=O) groups excluding carboxylic acids is 1. The van der Waals surface area contributed by atoms with Crippen molar-refractivity contribution >= 4 is 39.4 Å². The number of hydrogen-bond donors (Lipinski definition) is 2. The van der Waals surface area contributed by atoms with Crippen molar-refractivity contribution in [1.82, 2.24) is 5.32 Å². The highest BCUT2D eigenvalue weighted by Crippen LogP contribution is 2.31. The smallest absolute Gasteiger partial charge is 0.306 e. The van der Waals surface area contributed by atoms with Gasteiger partial charge in [0.2, 0.25) is 5.91 Å². The lowest BCUT2D eigenvalue weighted by Gasteiger charge is -2.11. The summed E-state index contributed by atoms with van der Waals surface area (Å²) in [5.41, 5.74) is 0.844. The molecule has 20 heavy (non-hydrogen) atoms. The van der Waals surface area contributed by atoms with E-state index < -0.39 is 5.97 Å². The van der Waals surface area contributed by atoms with Gasteiger partial charge in [0.15, 0.2) is 0 Å². The van der Waals surface area contributed by atoms with Crippen molar-refractivity contribution in [2.45, 2.75) is 25.8 Å². The molecule has 108 valence electrons. The molecule has 0 bridgehead atoms. The molecule has 1 aliphatic carbocycles. The molecular formula is C14H15BrClNO3. The molecule has 0 spiro atoms. The second-order valence-corrected chi connectivity index (χ2v) is 6.32. The molecule has 1 aliphatic rings. The quantitative estimate of drug-likeness (QED) is 0.866. The molecule has 1 aromatic rings. The Bertz CT molecular complexity index is 535.